The minimum Gasteiger partial charge on any atom is -0.299 e. The van der Waals surface area contributed by atoms with E-state index in [0.717, 1.165) is 25.0 Å². The van der Waals surface area contributed by atoms with Gasteiger partial charge in [0, 0.05) is 6.42 Å². The molecule has 0 bridgehead atoms. The van der Waals surface area contributed by atoms with E-state index in [-0.39, 0.29) is 0 Å². The van der Waals surface area contributed by atoms with Crippen molar-refractivity contribution in [2.75, 3.05) is 11.5 Å². The van der Waals surface area contributed by atoms with E-state index in [2.05, 4.69) is 41.5 Å². The molecule has 0 N–H and O–H groups in total. The van der Waals surface area contributed by atoms with Crippen molar-refractivity contribution in [2.24, 2.45) is 10.8 Å². The number of carbonyl (C=O) groups excluding carboxylic acids is 1. The summed E-state index contributed by atoms with van der Waals surface area (Å²) in [5.41, 5.74) is 0.690. The molecule has 1 nitrogen and oxygen atoms in total. The summed E-state index contributed by atoms with van der Waals surface area (Å²) in [5.74, 6) is 2.18. The van der Waals surface area contributed by atoms with Crippen LogP contribution in [0.25, 0.3) is 0 Å². The van der Waals surface area contributed by atoms with Crippen LogP contribution in [0, 0.1) is 10.8 Å². The molecule has 96 valence electrons. The highest BCUT2D eigenvalue weighted by molar-refractivity contribution is 7.99. The Morgan fingerprint density at radius 1 is 1.00 bits per heavy atom. The molecule has 0 aromatic rings. The molecule has 0 atom stereocenters. The third-order valence-corrected chi connectivity index (χ3v) is 3.78. The lowest BCUT2D eigenvalue weighted by atomic mass is 9.89. The van der Waals surface area contributed by atoms with Gasteiger partial charge in [0.2, 0.25) is 0 Å². The highest BCUT2D eigenvalue weighted by Crippen LogP contribution is 2.23. The predicted octanol–water partition coefficient (Wildman–Crippen LogP) is 4.55. The van der Waals surface area contributed by atoms with E-state index >= 15 is 0 Å². The highest BCUT2D eigenvalue weighted by atomic mass is 32.2. The van der Waals surface area contributed by atoms with Gasteiger partial charge in [-0.1, -0.05) is 41.5 Å². The average molecular weight is 244 g/mol. The van der Waals surface area contributed by atoms with Crippen molar-refractivity contribution in [2.45, 2.75) is 60.8 Å². The standard InChI is InChI=1S/C14H28OS/c1-13(2,3)9-7-8-12(15)10-16-11-14(4,5)6/h7-11H2,1-6H3. The van der Waals surface area contributed by atoms with E-state index in [1.807, 2.05) is 0 Å². The number of hydrogen-bond acceptors (Lipinski definition) is 2. The molecule has 2 heteroatoms. The molecular formula is C14H28OS. The Morgan fingerprint density at radius 3 is 2.00 bits per heavy atom. The molecule has 0 amide bonds. The second-order valence-corrected chi connectivity index (χ2v) is 7.99. The Kier molecular flexibility index (Phi) is 6.69. The molecule has 0 saturated heterocycles. The molecule has 0 aliphatic carbocycles. The zero-order chi connectivity index (χ0) is 12.8. The second-order valence-electron chi connectivity index (χ2n) is 7.01. The fraction of sp³-hybridized carbons (Fsp3) is 0.929. The molecule has 0 saturated carbocycles. The molecule has 0 rings (SSSR count). The van der Waals surface area contributed by atoms with Gasteiger partial charge in [-0.3, -0.25) is 4.79 Å². The maximum Gasteiger partial charge on any atom is 0.142 e. The van der Waals surface area contributed by atoms with Gasteiger partial charge in [-0.25, -0.2) is 0 Å². The van der Waals surface area contributed by atoms with E-state index < -0.39 is 0 Å². The summed E-state index contributed by atoms with van der Waals surface area (Å²) in [6.07, 6.45) is 2.94. The van der Waals surface area contributed by atoms with Gasteiger partial charge in [0.15, 0.2) is 0 Å². The van der Waals surface area contributed by atoms with Crippen LogP contribution >= 0.6 is 11.8 Å². The first kappa shape index (κ1) is 16.0. The maximum absolute atomic E-state index is 11.6. The van der Waals surface area contributed by atoms with Crippen molar-refractivity contribution in [1.82, 2.24) is 0 Å². The molecular weight excluding hydrogens is 216 g/mol. The van der Waals surface area contributed by atoms with Crippen LogP contribution in [0.1, 0.15) is 60.8 Å². The van der Waals surface area contributed by atoms with Crippen LogP contribution in [-0.4, -0.2) is 17.3 Å². The van der Waals surface area contributed by atoms with Crippen molar-refractivity contribution < 1.29 is 4.79 Å². The monoisotopic (exact) mass is 244 g/mol. The van der Waals surface area contributed by atoms with E-state index in [1.165, 1.54) is 0 Å². The van der Waals surface area contributed by atoms with E-state index in [4.69, 9.17) is 0 Å². The van der Waals surface area contributed by atoms with Gasteiger partial charge in [-0.15, -0.1) is 0 Å². The van der Waals surface area contributed by atoms with Crippen molar-refractivity contribution in [1.29, 1.82) is 0 Å². The van der Waals surface area contributed by atoms with Crippen LogP contribution in [0.4, 0.5) is 0 Å². The van der Waals surface area contributed by atoms with Crippen molar-refractivity contribution >= 4 is 17.5 Å². The lowest BCUT2D eigenvalue weighted by Crippen LogP contribution is -2.12. The Labute approximate surface area is 106 Å². The smallest absolute Gasteiger partial charge is 0.142 e. The zero-order valence-corrected chi connectivity index (χ0v) is 12.7. The fourth-order valence-corrected chi connectivity index (χ4v) is 2.45. The molecule has 0 heterocycles. The number of carbonyl (C=O) groups is 1. The van der Waals surface area contributed by atoms with Crippen LogP contribution < -0.4 is 0 Å². The van der Waals surface area contributed by atoms with E-state index in [9.17, 15) is 4.79 Å². The minimum absolute atomic E-state index is 0.330. The molecule has 0 unspecified atom stereocenters. The van der Waals surface area contributed by atoms with Crippen LogP contribution in [0.2, 0.25) is 0 Å². The summed E-state index contributed by atoms with van der Waals surface area (Å²) >= 11 is 1.78. The van der Waals surface area contributed by atoms with Gasteiger partial charge in [0.25, 0.3) is 0 Å². The largest absolute Gasteiger partial charge is 0.299 e. The van der Waals surface area contributed by atoms with Crippen LogP contribution in [0.5, 0.6) is 0 Å². The van der Waals surface area contributed by atoms with Crippen LogP contribution in [0.3, 0.4) is 0 Å². The summed E-state index contributed by atoms with van der Waals surface area (Å²) in [6, 6.07) is 0. The molecule has 16 heavy (non-hydrogen) atoms. The van der Waals surface area contributed by atoms with Crippen molar-refractivity contribution in [3.05, 3.63) is 0 Å². The summed E-state index contributed by atoms with van der Waals surface area (Å²) < 4.78 is 0. The van der Waals surface area contributed by atoms with Crippen molar-refractivity contribution in [3.8, 4) is 0 Å². The van der Waals surface area contributed by atoms with E-state index in [1.54, 1.807) is 11.8 Å². The second kappa shape index (κ2) is 6.68. The first-order chi connectivity index (χ1) is 7.10. The normalized spacial score (nSPS) is 12.9. The van der Waals surface area contributed by atoms with Crippen molar-refractivity contribution in [3.63, 3.8) is 0 Å². The molecule has 0 aromatic heterocycles. The third kappa shape index (κ3) is 12.1. The molecule has 0 aliphatic heterocycles. The first-order valence-electron chi connectivity index (χ1n) is 6.20. The van der Waals surface area contributed by atoms with Crippen LogP contribution in [-0.2, 0) is 4.79 Å². The number of rotatable bonds is 6. The van der Waals surface area contributed by atoms with E-state index in [0.29, 0.717) is 22.4 Å². The summed E-state index contributed by atoms with van der Waals surface area (Å²) in [5, 5.41) is 0. The number of hydrogen-bond donors (Lipinski definition) is 0. The average Bonchev–Trinajstić information content (AvgIpc) is 1.98. The van der Waals surface area contributed by atoms with Gasteiger partial charge >= 0.3 is 0 Å². The third-order valence-electron chi connectivity index (χ3n) is 2.18. The Bertz CT molecular complexity index is 186. The quantitative estimate of drug-likeness (QED) is 0.682. The number of thioether (sulfide) groups is 1. The lowest BCUT2D eigenvalue weighted by Gasteiger charge is -2.18. The summed E-state index contributed by atoms with van der Waals surface area (Å²) in [4.78, 5) is 11.6. The molecule has 0 spiro atoms. The summed E-state index contributed by atoms with van der Waals surface area (Å²) in [6.45, 7) is 13.3. The van der Waals surface area contributed by atoms with Gasteiger partial charge in [0.1, 0.15) is 5.78 Å². The minimum atomic E-state index is 0.330. The molecule has 0 fully saturated rings. The fourth-order valence-electron chi connectivity index (χ4n) is 1.36. The first-order valence-corrected chi connectivity index (χ1v) is 7.35. The SMILES string of the molecule is CC(C)(C)CCCC(=O)CSCC(C)(C)C. The molecule has 0 aromatic carbocycles. The predicted molar refractivity (Wildman–Crippen MR) is 75.1 cm³/mol. The molecule has 0 radical (unpaired) electrons. The Hall–Kier alpha value is 0.0200. The topological polar surface area (TPSA) is 17.1 Å². The Morgan fingerprint density at radius 2 is 1.56 bits per heavy atom. The maximum atomic E-state index is 11.6. The molecule has 0 aliphatic rings. The van der Waals surface area contributed by atoms with Gasteiger partial charge in [-0.2, -0.15) is 11.8 Å². The lowest BCUT2D eigenvalue weighted by molar-refractivity contribution is -0.116. The summed E-state index contributed by atoms with van der Waals surface area (Å²) in [7, 11) is 0. The number of ketones is 1. The Balaban J connectivity index is 3.53. The van der Waals surface area contributed by atoms with Crippen LogP contribution in [0.15, 0.2) is 0 Å². The van der Waals surface area contributed by atoms with Gasteiger partial charge in [0.05, 0.1) is 5.75 Å². The van der Waals surface area contributed by atoms with Gasteiger partial charge < -0.3 is 0 Å². The number of Topliss-reactive ketones (excluding diaryl/α,β-unsaturated/α-hetero) is 1. The highest BCUT2D eigenvalue weighted by Gasteiger charge is 2.13. The zero-order valence-electron chi connectivity index (χ0n) is 11.9. The van der Waals surface area contributed by atoms with Gasteiger partial charge in [-0.05, 0) is 29.4 Å².